The number of rotatable bonds is 6. The molecule has 2 amide bonds. The fourth-order valence-corrected chi connectivity index (χ4v) is 2.12. The number of carboxylic acids is 1. The molecule has 2 heterocycles. The van der Waals surface area contributed by atoms with Crippen LogP contribution in [0.1, 0.15) is 24.5 Å². The molecule has 1 aliphatic heterocycles. The van der Waals surface area contributed by atoms with Crippen LogP contribution in [-0.4, -0.2) is 46.1 Å². The molecule has 0 atom stereocenters. The summed E-state index contributed by atoms with van der Waals surface area (Å²) in [7, 11) is 0. The molecule has 130 valence electrons. The number of nitrogens with one attached hydrogen (secondary N) is 1. The molecule has 8 nitrogen and oxygen atoms in total. The van der Waals surface area contributed by atoms with Crippen molar-refractivity contribution in [2.75, 3.05) is 18.5 Å². The second-order valence-corrected chi connectivity index (χ2v) is 4.85. The Hall–Kier alpha value is -2.61. The number of carbonyl (C=O) groups excluding carboxylic acids is 2. The van der Waals surface area contributed by atoms with Crippen LogP contribution >= 0.6 is 12.4 Å². The van der Waals surface area contributed by atoms with E-state index in [1.165, 1.54) is 17.2 Å². The van der Waals surface area contributed by atoms with Crippen LogP contribution in [-0.2, 0) is 20.9 Å². The van der Waals surface area contributed by atoms with Gasteiger partial charge in [0.1, 0.15) is 5.82 Å². The molecular formula is C15H18ClN3O5. The van der Waals surface area contributed by atoms with Gasteiger partial charge in [-0.05, 0) is 24.6 Å². The molecule has 1 aromatic heterocycles. The molecule has 1 aliphatic rings. The number of nitrogens with zero attached hydrogens (tertiary/aromatic N) is 2. The first-order valence-corrected chi connectivity index (χ1v) is 7.11. The first-order valence-electron chi connectivity index (χ1n) is 7.11. The average Bonchev–Trinajstić information content (AvgIpc) is 2.51. The van der Waals surface area contributed by atoms with Crippen LogP contribution < -0.4 is 5.32 Å². The molecule has 9 heteroatoms. The van der Waals surface area contributed by atoms with Gasteiger partial charge in [0.05, 0.1) is 19.6 Å². The van der Waals surface area contributed by atoms with E-state index >= 15 is 0 Å². The smallest absolute Gasteiger partial charge is 0.328 e. The topological polar surface area (TPSA) is 109 Å². The number of anilines is 1. The van der Waals surface area contributed by atoms with Crippen molar-refractivity contribution in [2.45, 2.75) is 19.9 Å². The zero-order chi connectivity index (χ0) is 16.8. The molecular weight excluding hydrogens is 338 g/mol. The van der Waals surface area contributed by atoms with Gasteiger partial charge >= 0.3 is 18.0 Å². The standard InChI is InChI=1S/C15H17N3O5.ClH/c1-2-23-13(21)5-6-18-9-11-7-10(3-4-12(19)20)8-16-14(11)17-15(18)22;/h3-4,7-8H,2,5-6,9H2,1H3,(H,19,20)(H,16,17,22);1H/b4-3+;. The lowest BCUT2D eigenvalue weighted by Gasteiger charge is -2.28. The minimum atomic E-state index is -1.05. The quantitative estimate of drug-likeness (QED) is 0.596. The summed E-state index contributed by atoms with van der Waals surface area (Å²) in [4.78, 5) is 39.5. The lowest BCUT2D eigenvalue weighted by Crippen LogP contribution is -2.40. The van der Waals surface area contributed by atoms with Gasteiger partial charge in [0.15, 0.2) is 0 Å². The number of esters is 1. The Morgan fingerprint density at radius 2 is 2.25 bits per heavy atom. The van der Waals surface area contributed by atoms with E-state index in [4.69, 9.17) is 9.84 Å². The Balaban J connectivity index is 0.00000288. The molecule has 0 saturated heterocycles. The molecule has 24 heavy (non-hydrogen) atoms. The Morgan fingerprint density at radius 3 is 2.92 bits per heavy atom. The Bertz CT molecular complexity index is 663. The monoisotopic (exact) mass is 355 g/mol. The second-order valence-electron chi connectivity index (χ2n) is 4.85. The summed E-state index contributed by atoms with van der Waals surface area (Å²) in [5.74, 6) is -0.968. The number of carbonyl (C=O) groups is 3. The summed E-state index contributed by atoms with van der Waals surface area (Å²) in [5, 5.41) is 11.3. The first kappa shape index (κ1) is 19.4. The fourth-order valence-electron chi connectivity index (χ4n) is 2.12. The van der Waals surface area contributed by atoms with Crippen LogP contribution in [0.2, 0.25) is 0 Å². The Kier molecular flexibility index (Phi) is 7.19. The number of carboxylic acid groups (broad SMARTS) is 1. The van der Waals surface area contributed by atoms with E-state index in [9.17, 15) is 14.4 Å². The van der Waals surface area contributed by atoms with E-state index in [0.29, 0.717) is 24.5 Å². The maximum Gasteiger partial charge on any atom is 0.328 e. The van der Waals surface area contributed by atoms with Crippen LogP contribution in [0, 0.1) is 0 Å². The van der Waals surface area contributed by atoms with E-state index < -0.39 is 5.97 Å². The maximum absolute atomic E-state index is 12.0. The van der Waals surface area contributed by atoms with Crippen LogP contribution in [0.4, 0.5) is 10.6 Å². The lowest BCUT2D eigenvalue weighted by molar-refractivity contribution is -0.143. The fraction of sp³-hybridized carbons (Fsp3) is 0.333. The predicted octanol–water partition coefficient (Wildman–Crippen LogP) is 1.90. The number of fused-ring (bicyclic) bond motifs is 1. The predicted molar refractivity (Wildman–Crippen MR) is 88.8 cm³/mol. The molecule has 1 aromatic rings. The van der Waals surface area contributed by atoms with E-state index in [-0.39, 0.29) is 37.4 Å². The third-order valence-electron chi connectivity index (χ3n) is 3.17. The molecule has 0 saturated carbocycles. The highest BCUT2D eigenvalue weighted by atomic mass is 35.5. The SMILES string of the molecule is CCOC(=O)CCN1Cc2cc(/C=C/C(=O)O)cnc2NC1=O.Cl. The van der Waals surface area contributed by atoms with Crippen molar-refractivity contribution in [1.29, 1.82) is 0 Å². The Labute approximate surface area is 144 Å². The van der Waals surface area contributed by atoms with Gasteiger partial charge in [0.2, 0.25) is 0 Å². The first-order chi connectivity index (χ1) is 11.0. The van der Waals surface area contributed by atoms with Crippen LogP contribution in [0.25, 0.3) is 6.08 Å². The van der Waals surface area contributed by atoms with Crippen LogP contribution in [0.3, 0.4) is 0 Å². The third-order valence-corrected chi connectivity index (χ3v) is 3.17. The number of hydrogen-bond acceptors (Lipinski definition) is 5. The van der Waals surface area contributed by atoms with Crippen molar-refractivity contribution < 1.29 is 24.2 Å². The van der Waals surface area contributed by atoms with Crippen molar-refractivity contribution >= 4 is 42.3 Å². The summed E-state index contributed by atoms with van der Waals surface area (Å²) in [6.07, 6.45) is 4.04. The summed E-state index contributed by atoms with van der Waals surface area (Å²) in [6, 6.07) is 1.42. The highest BCUT2D eigenvalue weighted by molar-refractivity contribution is 5.91. The molecule has 0 bridgehead atoms. The summed E-state index contributed by atoms with van der Waals surface area (Å²) < 4.78 is 4.84. The summed E-state index contributed by atoms with van der Waals surface area (Å²) in [5.41, 5.74) is 1.37. The third kappa shape index (κ3) is 5.24. The van der Waals surface area contributed by atoms with Gasteiger partial charge < -0.3 is 14.7 Å². The zero-order valence-corrected chi connectivity index (χ0v) is 13.8. The van der Waals surface area contributed by atoms with Gasteiger partial charge in [-0.2, -0.15) is 0 Å². The second kappa shape index (κ2) is 8.88. The van der Waals surface area contributed by atoms with Gasteiger partial charge in [0.25, 0.3) is 0 Å². The molecule has 0 radical (unpaired) electrons. The summed E-state index contributed by atoms with van der Waals surface area (Å²) in [6.45, 7) is 2.55. The highest BCUT2D eigenvalue weighted by Gasteiger charge is 2.24. The zero-order valence-electron chi connectivity index (χ0n) is 13.0. The minimum Gasteiger partial charge on any atom is -0.478 e. The van der Waals surface area contributed by atoms with Crippen molar-refractivity contribution in [2.24, 2.45) is 0 Å². The van der Waals surface area contributed by atoms with Crippen molar-refractivity contribution in [1.82, 2.24) is 9.88 Å². The number of pyridine rings is 1. The molecule has 0 spiro atoms. The molecule has 0 unspecified atom stereocenters. The molecule has 0 fully saturated rings. The van der Waals surface area contributed by atoms with Crippen LogP contribution in [0.15, 0.2) is 18.3 Å². The summed E-state index contributed by atoms with van der Waals surface area (Å²) >= 11 is 0. The number of hydrogen-bond donors (Lipinski definition) is 2. The number of aromatic nitrogens is 1. The molecule has 0 aromatic carbocycles. The number of ether oxygens (including phenoxy) is 1. The number of halogens is 1. The number of urea groups is 1. The van der Waals surface area contributed by atoms with E-state index in [0.717, 1.165) is 11.6 Å². The number of amides is 2. The molecule has 2 rings (SSSR count). The van der Waals surface area contributed by atoms with E-state index in [2.05, 4.69) is 10.3 Å². The Morgan fingerprint density at radius 1 is 1.50 bits per heavy atom. The van der Waals surface area contributed by atoms with Gasteiger partial charge in [-0.1, -0.05) is 0 Å². The molecule has 2 N–H and O–H groups in total. The number of aliphatic carboxylic acids is 1. The lowest BCUT2D eigenvalue weighted by atomic mass is 10.1. The van der Waals surface area contributed by atoms with Gasteiger partial charge in [-0.15, -0.1) is 12.4 Å². The van der Waals surface area contributed by atoms with Gasteiger partial charge in [-0.3, -0.25) is 10.1 Å². The van der Waals surface area contributed by atoms with Crippen molar-refractivity contribution in [3.63, 3.8) is 0 Å². The minimum absolute atomic E-state index is 0. The van der Waals surface area contributed by atoms with Gasteiger partial charge in [0, 0.05) is 24.4 Å². The van der Waals surface area contributed by atoms with Crippen molar-refractivity contribution in [3.8, 4) is 0 Å². The average molecular weight is 356 g/mol. The molecule has 0 aliphatic carbocycles. The normalized spacial score (nSPS) is 13.0. The van der Waals surface area contributed by atoms with Crippen molar-refractivity contribution in [3.05, 3.63) is 29.5 Å². The highest BCUT2D eigenvalue weighted by Crippen LogP contribution is 2.22. The largest absolute Gasteiger partial charge is 0.478 e. The van der Waals surface area contributed by atoms with Crippen LogP contribution in [0.5, 0.6) is 0 Å². The van der Waals surface area contributed by atoms with Gasteiger partial charge in [-0.25, -0.2) is 14.6 Å². The maximum atomic E-state index is 12.0. The van der Waals surface area contributed by atoms with E-state index in [1.807, 2.05) is 0 Å². The van der Waals surface area contributed by atoms with E-state index in [1.54, 1.807) is 13.0 Å².